The maximum Gasteiger partial charge on any atom is 0.271 e. The van der Waals surface area contributed by atoms with Gasteiger partial charge >= 0.3 is 0 Å². The summed E-state index contributed by atoms with van der Waals surface area (Å²) >= 11 is 0. The minimum atomic E-state index is -2.23. The Bertz CT molecular complexity index is 1480. The molecule has 3 aromatic rings. The van der Waals surface area contributed by atoms with Crippen LogP contribution in [0.5, 0.6) is 5.75 Å². The summed E-state index contributed by atoms with van der Waals surface area (Å²) in [7, 11) is 0. The standard InChI is InChI=1S/C28H24N2O6/c1-14(2)18-11-12-19-22(13-18)36-28(35)20-5-4-6-21(29)23(20)25(33)27(19,28)30-26(34)17-9-7-16(8-10-17)24(32)15(3)31/h4-14,35H,29H2,1-3H3,(H,30,34). The maximum atomic E-state index is 14.0. The molecule has 0 spiro atoms. The monoisotopic (exact) mass is 484 g/mol. The Balaban J connectivity index is 1.63. The van der Waals surface area contributed by atoms with E-state index in [9.17, 15) is 24.3 Å². The topological polar surface area (TPSA) is 136 Å². The van der Waals surface area contributed by atoms with Crippen LogP contribution < -0.4 is 15.8 Å². The molecule has 4 N–H and O–H groups in total. The molecule has 8 heteroatoms. The molecule has 8 nitrogen and oxygen atoms in total. The second-order valence-electron chi connectivity index (χ2n) is 9.42. The number of fused-ring (bicyclic) bond motifs is 5. The van der Waals surface area contributed by atoms with E-state index in [4.69, 9.17) is 10.5 Å². The molecule has 0 saturated carbocycles. The molecule has 0 aromatic heterocycles. The first-order chi connectivity index (χ1) is 17.0. The van der Waals surface area contributed by atoms with Crippen LogP contribution in [0.4, 0.5) is 5.69 Å². The number of ketones is 3. The highest BCUT2D eigenvalue weighted by molar-refractivity contribution is 6.42. The lowest BCUT2D eigenvalue weighted by Crippen LogP contribution is -2.60. The van der Waals surface area contributed by atoms with Crippen LogP contribution in [0.3, 0.4) is 0 Å². The van der Waals surface area contributed by atoms with Gasteiger partial charge in [0, 0.05) is 34.9 Å². The number of hydrogen-bond donors (Lipinski definition) is 3. The number of anilines is 1. The van der Waals surface area contributed by atoms with E-state index in [1.165, 1.54) is 31.2 Å². The molecule has 0 bridgehead atoms. The van der Waals surface area contributed by atoms with E-state index in [-0.39, 0.29) is 39.6 Å². The van der Waals surface area contributed by atoms with Gasteiger partial charge in [-0.2, -0.15) is 0 Å². The number of aliphatic hydroxyl groups is 1. The molecular weight excluding hydrogens is 460 g/mol. The number of benzene rings is 3. The van der Waals surface area contributed by atoms with Gasteiger partial charge in [0.05, 0.1) is 5.56 Å². The molecule has 2 aliphatic rings. The molecule has 1 aliphatic heterocycles. The first-order valence-electron chi connectivity index (χ1n) is 11.5. The first-order valence-corrected chi connectivity index (χ1v) is 11.5. The minimum Gasteiger partial charge on any atom is -0.454 e. The van der Waals surface area contributed by atoms with Crippen molar-refractivity contribution in [2.45, 2.75) is 38.0 Å². The van der Waals surface area contributed by atoms with Crippen LogP contribution in [-0.4, -0.2) is 28.4 Å². The molecule has 1 amide bonds. The summed E-state index contributed by atoms with van der Waals surface area (Å²) in [6.07, 6.45) is 0. The number of amides is 1. The normalized spacial score (nSPS) is 21.4. The zero-order chi connectivity index (χ0) is 26.0. The van der Waals surface area contributed by atoms with Crippen molar-refractivity contribution in [2.24, 2.45) is 0 Å². The average Bonchev–Trinajstić information content (AvgIpc) is 3.21. The second-order valence-corrected chi connectivity index (χ2v) is 9.42. The number of carbonyl (C=O) groups excluding carboxylic acids is 4. The van der Waals surface area contributed by atoms with Crippen molar-refractivity contribution in [3.8, 4) is 5.75 Å². The fraction of sp³-hybridized carbons (Fsp3) is 0.214. The predicted molar refractivity (Wildman–Crippen MR) is 131 cm³/mol. The van der Waals surface area contributed by atoms with Gasteiger partial charge in [-0.15, -0.1) is 0 Å². The molecule has 0 fully saturated rings. The van der Waals surface area contributed by atoms with Crippen LogP contribution in [-0.2, 0) is 16.1 Å². The SMILES string of the molecule is CC(=O)C(=O)c1ccc(C(=O)NC23C(=O)c4c(N)cccc4C2(O)Oc2cc(C(C)C)ccc23)cc1. The number of rotatable bonds is 5. The first kappa shape index (κ1) is 23.4. The van der Waals surface area contributed by atoms with Crippen LogP contribution >= 0.6 is 0 Å². The number of Topliss-reactive ketones (excluding diaryl/α,β-unsaturated/α-hetero) is 3. The van der Waals surface area contributed by atoms with Gasteiger partial charge in [-0.25, -0.2) is 0 Å². The molecule has 0 saturated heterocycles. The Morgan fingerprint density at radius 3 is 2.28 bits per heavy atom. The molecule has 0 radical (unpaired) electrons. The summed E-state index contributed by atoms with van der Waals surface area (Å²) in [5.74, 6) is -4.35. The molecule has 5 rings (SSSR count). The van der Waals surface area contributed by atoms with Gasteiger partial charge < -0.3 is 20.9 Å². The van der Waals surface area contributed by atoms with E-state index >= 15 is 0 Å². The number of ether oxygens (including phenoxy) is 1. The molecule has 182 valence electrons. The van der Waals surface area contributed by atoms with Crippen molar-refractivity contribution < 1.29 is 29.0 Å². The predicted octanol–water partition coefficient (Wildman–Crippen LogP) is 3.22. The lowest BCUT2D eigenvalue weighted by molar-refractivity contribution is -0.169. The van der Waals surface area contributed by atoms with E-state index in [0.717, 1.165) is 5.56 Å². The minimum absolute atomic E-state index is 0.0845. The Kier molecular flexibility index (Phi) is 5.12. The summed E-state index contributed by atoms with van der Waals surface area (Å²) in [6, 6.07) is 15.4. The summed E-state index contributed by atoms with van der Waals surface area (Å²) in [6.45, 7) is 5.18. The molecule has 36 heavy (non-hydrogen) atoms. The van der Waals surface area contributed by atoms with Gasteiger partial charge in [-0.05, 0) is 35.7 Å². The number of hydrogen-bond acceptors (Lipinski definition) is 7. The maximum absolute atomic E-state index is 14.0. The van der Waals surface area contributed by atoms with E-state index in [1.54, 1.807) is 30.3 Å². The van der Waals surface area contributed by atoms with Crippen LogP contribution in [0.25, 0.3) is 0 Å². The van der Waals surface area contributed by atoms with Gasteiger partial charge in [-0.3, -0.25) is 19.2 Å². The summed E-state index contributed by atoms with van der Waals surface area (Å²) in [4.78, 5) is 50.8. The van der Waals surface area contributed by atoms with E-state index in [0.29, 0.717) is 5.56 Å². The van der Waals surface area contributed by atoms with Gasteiger partial charge in [0.1, 0.15) is 5.75 Å². The number of nitrogens with one attached hydrogen (secondary N) is 1. The second kappa shape index (κ2) is 7.86. The number of carbonyl (C=O) groups is 4. The van der Waals surface area contributed by atoms with Gasteiger partial charge in [0.15, 0.2) is 5.78 Å². The van der Waals surface area contributed by atoms with Crippen molar-refractivity contribution >= 4 is 28.9 Å². The number of nitrogen functional groups attached to an aromatic ring is 1. The average molecular weight is 485 g/mol. The van der Waals surface area contributed by atoms with E-state index in [1.807, 2.05) is 19.9 Å². The molecule has 1 heterocycles. The summed E-state index contributed by atoms with van der Waals surface area (Å²) in [5.41, 5.74) is 6.05. The lowest BCUT2D eigenvalue weighted by atomic mass is 9.82. The third-order valence-corrected chi connectivity index (χ3v) is 6.90. The molecule has 2 atom stereocenters. The Morgan fingerprint density at radius 2 is 1.64 bits per heavy atom. The van der Waals surface area contributed by atoms with Crippen molar-refractivity contribution in [3.05, 3.63) is 94.0 Å². The third kappa shape index (κ3) is 3.04. The molecule has 3 aromatic carbocycles. The van der Waals surface area contributed by atoms with E-state index in [2.05, 4.69) is 5.32 Å². The fourth-order valence-corrected chi connectivity index (χ4v) is 4.96. The molecular formula is C28H24N2O6. The van der Waals surface area contributed by atoms with Crippen LogP contribution in [0.1, 0.15) is 74.5 Å². The van der Waals surface area contributed by atoms with Gasteiger partial charge in [0.25, 0.3) is 11.7 Å². The van der Waals surface area contributed by atoms with Crippen molar-refractivity contribution in [2.75, 3.05) is 5.73 Å². The Hall–Kier alpha value is -4.30. The molecule has 1 aliphatic carbocycles. The summed E-state index contributed by atoms with van der Waals surface area (Å²) in [5, 5.41) is 14.7. The smallest absolute Gasteiger partial charge is 0.271 e. The fourth-order valence-electron chi connectivity index (χ4n) is 4.96. The van der Waals surface area contributed by atoms with Crippen molar-refractivity contribution in [3.63, 3.8) is 0 Å². The van der Waals surface area contributed by atoms with Crippen molar-refractivity contribution in [1.29, 1.82) is 0 Å². The van der Waals surface area contributed by atoms with Crippen LogP contribution in [0, 0.1) is 0 Å². The van der Waals surface area contributed by atoms with Crippen LogP contribution in [0.2, 0.25) is 0 Å². The van der Waals surface area contributed by atoms with Crippen LogP contribution in [0.15, 0.2) is 60.7 Å². The van der Waals surface area contributed by atoms with Crippen molar-refractivity contribution in [1.82, 2.24) is 5.32 Å². The molecule has 2 unspecified atom stereocenters. The Labute approximate surface area is 207 Å². The highest BCUT2D eigenvalue weighted by Gasteiger charge is 2.72. The highest BCUT2D eigenvalue weighted by atomic mass is 16.6. The zero-order valence-corrected chi connectivity index (χ0v) is 19.9. The summed E-state index contributed by atoms with van der Waals surface area (Å²) < 4.78 is 6.06. The van der Waals surface area contributed by atoms with Gasteiger partial charge in [0.2, 0.25) is 17.1 Å². The largest absolute Gasteiger partial charge is 0.454 e. The van der Waals surface area contributed by atoms with Gasteiger partial charge in [-0.1, -0.05) is 50.2 Å². The quantitative estimate of drug-likeness (QED) is 0.287. The zero-order valence-electron chi connectivity index (χ0n) is 19.9. The Morgan fingerprint density at radius 1 is 0.972 bits per heavy atom. The third-order valence-electron chi connectivity index (χ3n) is 6.90. The lowest BCUT2D eigenvalue weighted by Gasteiger charge is -2.34. The number of nitrogens with two attached hydrogens (primary N) is 1. The van der Waals surface area contributed by atoms with E-state index < -0.39 is 34.6 Å². The highest BCUT2D eigenvalue weighted by Crippen LogP contribution is 2.59.